The van der Waals surface area contributed by atoms with Crippen LogP contribution in [0.2, 0.25) is 0 Å². The monoisotopic (exact) mass is 296 g/mol. The Kier molecular flexibility index (Phi) is 6.03. The highest BCUT2D eigenvalue weighted by molar-refractivity contribution is 9.10. The van der Waals surface area contributed by atoms with Gasteiger partial charge in [-0.05, 0) is 40.0 Å². The molecule has 0 unspecified atom stereocenters. The molecule has 0 atom stereocenters. The highest BCUT2D eigenvalue weighted by atomic mass is 79.9. The van der Waals surface area contributed by atoms with Crippen LogP contribution in [0.4, 0.5) is 5.69 Å². The molecule has 0 heterocycles. The lowest BCUT2D eigenvalue weighted by Crippen LogP contribution is -2.12. The average Bonchev–Trinajstić information content (AvgIpc) is 2.30. The van der Waals surface area contributed by atoms with Crippen molar-refractivity contribution < 1.29 is 4.74 Å². The lowest BCUT2D eigenvalue weighted by molar-refractivity contribution is 0.118. The van der Waals surface area contributed by atoms with Crippen molar-refractivity contribution in [1.29, 1.82) is 5.26 Å². The Morgan fingerprint density at radius 1 is 1.47 bits per heavy atom. The molecule has 17 heavy (non-hydrogen) atoms. The molecular weight excluding hydrogens is 280 g/mol. The van der Waals surface area contributed by atoms with E-state index < -0.39 is 0 Å². The number of nitriles is 1. The Bertz CT molecular complexity index is 399. The van der Waals surface area contributed by atoms with E-state index in [0.29, 0.717) is 18.1 Å². The van der Waals surface area contributed by atoms with Crippen LogP contribution < -0.4 is 5.32 Å². The number of rotatable bonds is 6. The Morgan fingerprint density at radius 3 is 2.82 bits per heavy atom. The minimum absolute atomic E-state index is 0.566. The number of hydrogen-bond donors (Lipinski definition) is 1. The second kappa shape index (κ2) is 7.31. The minimum Gasteiger partial charge on any atom is -0.382 e. The van der Waals surface area contributed by atoms with Gasteiger partial charge in [-0.25, -0.2) is 0 Å². The first-order chi connectivity index (χ1) is 8.13. The highest BCUT2D eigenvalue weighted by Crippen LogP contribution is 2.22. The van der Waals surface area contributed by atoms with Gasteiger partial charge in [-0.15, -0.1) is 0 Å². The minimum atomic E-state index is 0.566. The van der Waals surface area contributed by atoms with Gasteiger partial charge >= 0.3 is 0 Å². The molecule has 0 amide bonds. The van der Waals surface area contributed by atoms with Gasteiger partial charge in [-0.3, -0.25) is 0 Å². The van der Waals surface area contributed by atoms with Gasteiger partial charge in [0, 0.05) is 23.3 Å². The van der Waals surface area contributed by atoms with E-state index in [4.69, 9.17) is 10.00 Å². The molecule has 0 radical (unpaired) electrons. The maximum atomic E-state index is 8.74. The topological polar surface area (TPSA) is 45.0 Å². The molecule has 0 saturated carbocycles. The molecule has 0 spiro atoms. The third kappa shape index (κ3) is 5.20. The van der Waals surface area contributed by atoms with Crippen molar-refractivity contribution in [2.45, 2.75) is 13.8 Å². The van der Waals surface area contributed by atoms with E-state index in [0.717, 1.165) is 23.3 Å². The molecule has 1 aromatic carbocycles. The lowest BCUT2D eigenvalue weighted by atomic mass is 10.2. The van der Waals surface area contributed by atoms with Gasteiger partial charge in [0.05, 0.1) is 18.2 Å². The molecule has 0 aromatic heterocycles. The quantitative estimate of drug-likeness (QED) is 0.818. The number of hydrogen-bond acceptors (Lipinski definition) is 3. The summed E-state index contributed by atoms with van der Waals surface area (Å²) < 4.78 is 6.37. The normalized spacial score (nSPS) is 10.3. The molecular formula is C13H17BrN2O. The standard InChI is InChI=1S/C13H17BrN2O/c1-10(2)9-17-6-5-16-13-4-3-11(8-15)7-12(13)14/h3-4,7,10,16H,5-6,9H2,1-2H3. The number of nitrogens with one attached hydrogen (secondary N) is 1. The smallest absolute Gasteiger partial charge is 0.0992 e. The van der Waals surface area contributed by atoms with Crippen molar-refractivity contribution in [3.8, 4) is 6.07 Å². The zero-order chi connectivity index (χ0) is 12.7. The molecule has 1 rings (SSSR count). The van der Waals surface area contributed by atoms with E-state index in [2.05, 4.69) is 41.2 Å². The van der Waals surface area contributed by atoms with Crippen LogP contribution in [0, 0.1) is 17.2 Å². The summed E-state index contributed by atoms with van der Waals surface area (Å²) in [7, 11) is 0. The van der Waals surface area contributed by atoms with Crippen LogP contribution in [0.1, 0.15) is 19.4 Å². The predicted octanol–water partition coefficient (Wildman–Crippen LogP) is 3.41. The van der Waals surface area contributed by atoms with Crippen molar-refractivity contribution >= 4 is 21.6 Å². The van der Waals surface area contributed by atoms with E-state index in [1.807, 2.05) is 6.07 Å². The molecule has 0 bridgehead atoms. The molecule has 0 saturated heterocycles. The van der Waals surface area contributed by atoms with E-state index in [1.54, 1.807) is 12.1 Å². The predicted molar refractivity (Wildman–Crippen MR) is 73.0 cm³/mol. The zero-order valence-corrected chi connectivity index (χ0v) is 11.8. The number of halogens is 1. The van der Waals surface area contributed by atoms with Crippen LogP contribution in [0.15, 0.2) is 22.7 Å². The highest BCUT2D eigenvalue weighted by Gasteiger charge is 2.00. The first kappa shape index (κ1) is 14.0. The van der Waals surface area contributed by atoms with E-state index in [1.165, 1.54) is 0 Å². The van der Waals surface area contributed by atoms with Gasteiger partial charge in [-0.2, -0.15) is 5.26 Å². The van der Waals surface area contributed by atoms with E-state index in [9.17, 15) is 0 Å². The van der Waals surface area contributed by atoms with Crippen LogP contribution in [0.5, 0.6) is 0 Å². The van der Waals surface area contributed by atoms with Crippen molar-refractivity contribution in [2.24, 2.45) is 5.92 Å². The SMILES string of the molecule is CC(C)COCCNc1ccc(C#N)cc1Br. The van der Waals surface area contributed by atoms with Crippen molar-refractivity contribution in [2.75, 3.05) is 25.1 Å². The van der Waals surface area contributed by atoms with Crippen LogP contribution >= 0.6 is 15.9 Å². The summed E-state index contributed by atoms with van der Waals surface area (Å²) in [4.78, 5) is 0. The first-order valence-electron chi connectivity index (χ1n) is 5.64. The summed E-state index contributed by atoms with van der Waals surface area (Å²) >= 11 is 3.43. The fourth-order valence-electron chi connectivity index (χ4n) is 1.30. The number of benzene rings is 1. The van der Waals surface area contributed by atoms with Crippen LogP contribution in [-0.4, -0.2) is 19.8 Å². The molecule has 1 N–H and O–H groups in total. The van der Waals surface area contributed by atoms with E-state index >= 15 is 0 Å². The molecule has 0 fully saturated rings. The molecule has 4 heteroatoms. The Morgan fingerprint density at radius 2 is 2.24 bits per heavy atom. The second-order valence-corrected chi connectivity index (χ2v) is 5.06. The Hall–Kier alpha value is -1.05. The average molecular weight is 297 g/mol. The zero-order valence-electron chi connectivity index (χ0n) is 10.2. The van der Waals surface area contributed by atoms with Gasteiger partial charge in [0.2, 0.25) is 0 Å². The number of ether oxygens (including phenoxy) is 1. The maximum Gasteiger partial charge on any atom is 0.0992 e. The Balaban J connectivity index is 2.35. The van der Waals surface area contributed by atoms with Crippen molar-refractivity contribution in [3.63, 3.8) is 0 Å². The number of anilines is 1. The van der Waals surface area contributed by atoms with Crippen LogP contribution in [0.25, 0.3) is 0 Å². The number of nitrogens with zero attached hydrogens (tertiary/aromatic N) is 1. The van der Waals surface area contributed by atoms with Crippen molar-refractivity contribution in [3.05, 3.63) is 28.2 Å². The third-order valence-electron chi connectivity index (χ3n) is 2.11. The second-order valence-electron chi connectivity index (χ2n) is 4.20. The first-order valence-corrected chi connectivity index (χ1v) is 6.44. The third-order valence-corrected chi connectivity index (χ3v) is 2.77. The summed E-state index contributed by atoms with van der Waals surface area (Å²) in [6, 6.07) is 7.59. The molecule has 0 aliphatic carbocycles. The lowest BCUT2D eigenvalue weighted by Gasteiger charge is -2.10. The fraction of sp³-hybridized carbons (Fsp3) is 0.462. The maximum absolute atomic E-state index is 8.74. The van der Waals surface area contributed by atoms with Gasteiger partial charge in [0.25, 0.3) is 0 Å². The summed E-state index contributed by atoms with van der Waals surface area (Å²) in [5.74, 6) is 0.566. The molecule has 92 valence electrons. The van der Waals surface area contributed by atoms with Gasteiger partial charge in [0.15, 0.2) is 0 Å². The molecule has 0 aliphatic heterocycles. The fourth-order valence-corrected chi connectivity index (χ4v) is 1.82. The van der Waals surface area contributed by atoms with Crippen molar-refractivity contribution in [1.82, 2.24) is 0 Å². The largest absolute Gasteiger partial charge is 0.382 e. The van der Waals surface area contributed by atoms with Crippen LogP contribution in [0.3, 0.4) is 0 Å². The summed E-state index contributed by atoms with van der Waals surface area (Å²) in [6.07, 6.45) is 0. The summed E-state index contributed by atoms with van der Waals surface area (Å²) in [5.41, 5.74) is 1.63. The van der Waals surface area contributed by atoms with E-state index in [-0.39, 0.29) is 0 Å². The molecule has 1 aromatic rings. The molecule has 3 nitrogen and oxygen atoms in total. The summed E-state index contributed by atoms with van der Waals surface area (Å²) in [5, 5.41) is 12.0. The van der Waals surface area contributed by atoms with Gasteiger partial charge in [-0.1, -0.05) is 13.8 Å². The van der Waals surface area contributed by atoms with Gasteiger partial charge in [0.1, 0.15) is 0 Å². The van der Waals surface area contributed by atoms with Gasteiger partial charge < -0.3 is 10.1 Å². The Labute approximate surface area is 111 Å². The summed E-state index contributed by atoms with van der Waals surface area (Å²) in [6.45, 7) is 6.49. The molecule has 0 aliphatic rings. The van der Waals surface area contributed by atoms with Crippen LogP contribution in [-0.2, 0) is 4.74 Å².